The molecule has 1 atom stereocenters. The van der Waals surface area contributed by atoms with Gasteiger partial charge in [-0.15, -0.1) is 0 Å². The van der Waals surface area contributed by atoms with Crippen molar-refractivity contribution in [2.75, 3.05) is 0 Å². The number of carbonyl (C=O) groups is 1. The molecule has 8 heteroatoms. The van der Waals surface area contributed by atoms with E-state index in [2.05, 4.69) is 4.98 Å². The minimum Gasteiger partial charge on any atom is -0.480 e. The lowest BCUT2D eigenvalue weighted by Crippen LogP contribution is -2.38. The molecule has 0 spiro atoms. The predicted octanol–water partition coefficient (Wildman–Crippen LogP) is 0.486. The molecule has 0 saturated carbocycles. The molecule has 2 N–H and O–H groups in total. The van der Waals surface area contributed by atoms with Gasteiger partial charge in [0.2, 0.25) is 10.0 Å². The molecule has 0 saturated heterocycles. The van der Waals surface area contributed by atoms with Gasteiger partial charge < -0.3 is 5.11 Å². The van der Waals surface area contributed by atoms with Gasteiger partial charge in [0.05, 0.1) is 5.02 Å². The van der Waals surface area contributed by atoms with Gasteiger partial charge in [0.25, 0.3) is 0 Å². The average molecular weight is 265 g/mol. The predicted molar refractivity (Wildman–Crippen MR) is 56.7 cm³/mol. The first kappa shape index (κ1) is 12.9. The van der Waals surface area contributed by atoms with Crippen molar-refractivity contribution >= 4 is 27.6 Å². The molecule has 0 aliphatic rings. The topological polar surface area (TPSA) is 96.4 Å². The van der Waals surface area contributed by atoms with Crippen molar-refractivity contribution in [2.45, 2.75) is 17.9 Å². The maximum atomic E-state index is 11.6. The van der Waals surface area contributed by atoms with E-state index in [1.807, 2.05) is 4.72 Å². The van der Waals surface area contributed by atoms with E-state index in [0.717, 1.165) is 6.20 Å². The highest BCUT2D eigenvalue weighted by Crippen LogP contribution is 2.13. The zero-order chi connectivity index (χ0) is 12.3. The number of nitrogens with one attached hydrogen (secondary N) is 1. The monoisotopic (exact) mass is 264 g/mol. The second kappa shape index (κ2) is 4.77. The summed E-state index contributed by atoms with van der Waals surface area (Å²) in [5, 5.41) is 8.74. The second-order valence-electron chi connectivity index (χ2n) is 3.02. The normalized spacial score (nSPS) is 13.4. The first-order valence-electron chi connectivity index (χ1n) is 4.18. The number of carboxylic acid groups (broad SMARTS) is 1. The van der Waals surface area contributed by atoms with Crippen molar-refractivity contribution in [3.63, 3.8) is 0 Å². The summed E-state index contributed by atoms with van der Waals surface area (Å²) in [5.41, 5.74) is 0. The third kappa shape index (κ3) is 3.16. The zero-order valence-electron chi connectivity index (χ0n) is 8.21. The minimum absolute atomic E-state index is 0.158. The highest BCUT2D eigenvalue weighted by atomic mass is 35.5. The molecular formula is C8H9ClN2O4S. The molecule has 0 fully saturated rings. The zero-order valence-corrected chi connectivity index (χ0v) is 9.79. The van der Waals surface area contributed by atoms with E-state index in [-0.39, 0.29) is 9.92 Å². The molecule has 16 heavy (non-hydrogen) atoms. The summed E-state index contributed by atoms with van der Waals surface area (Å²) in [5.74, 6) is -1.27. The van der Waals surface area contributed by atoms with E-state index in [0.29, 0.717) is 0 Å². The number of carboxylic acids is 1. The summed E-state index contributed by atoms with van der Waals surface area (Å²) in [6.07, 6.45) is 2.37. The Labute approximate surface area is 97.3 Å². The van der Waals surface area contributed by atoms with Crippen LogP contribution in [0, 0.1) is 0 Å². The number of aromatic nitrogens is 1. The van der Waals surface area contributed by atoms with Crippen molar-refractivity contribution in [3.05, 3.63) is 23.5 Å². The summed E-state index contributed by atoms with van der Waals surface area (Å²) in [6, 6.07) is -0.0326. The number of aliphatic carboxylic acids is 1. The molecule has 0 aliphatic heterocycles. The van der Waals surface area contributed by atoms with Crippen LogP contribution in [0.5, 0.6) is 0 Å². The smallest absolute Gasteiger partial charge is 0.321 e. The van der Waals surface area contributed by atoms with E-state index in [1.54, 1.807) is 0 Å². The third-order valence-electron chi connectivity index (χ3n) is 1.69. The van der Waals surface area contributed by atoms with Gasteiger partial charge in [0.15, 0.2) is 0 Å². The van der Waals surface area contributed by atoms with Crippen LogP contribution in [0.2, 0.25) is 5.02 Å². The lowest BCUT2D eigenvalue weighted by molar-refractivity contribution is -0.138. The Morgan fingerprint density at radius 1 is 1.56 bits per heavy atom. The number of hydrogen-bond donors (Lipinski definition) is 2. The maximum absolute atomic E-state index is 11.6. The molecule has 0 aromatic carbocycles. The number of rotatable bonds is 4. The Balaban J connectivity index is 2.99. The van der Waals surface area contributed by atoms with Crippen LogP contribution in [0.15, 0.2) is 23.4 Å². The van der Waals surface area contributed by atoms with Crippen molar-refractivity contribution in [1.29, 1.82) is 0 Å². The fourth-order valence-corrected chi connectivity index (χ4v) is 2.31. The highest BCUT2D eigenvalue weighted by Gasteiger charge is 2.21. The fourth-order valence-electron chi connectivity index (χ4n) is 0.891. The molecule has 1 aromatic rings. The van der Waals surface area contributed by atoms with E-state index < -0.39 is 22.0 Å². The van der Waals surface area contributed by atoms with Gasteiger partial charge in [-0.1, -0.05) is 11.6 Å². The Morgan fingerprint density at radius 3 is 2.69 bits per heavy atom. The van der Waals surface area contributed by atoms with Crippen LogP contribution in [-0.2, 0) is 14.8 Å². The van der Waals surface area contributed by atoms with Gasteiger partial charge in [-0.25, -0.2) is 8.42 Å². The fraction of sp³-hybridized carbons (Fsp3) is 0.250. The Kier molecular flexibility index (Phi) is 3.84. The number of hydrogen-bond acceptors (Lipinski definition) is 4. The molecule has 0 bridgehead atoms. The van der Waals surface area contributed by atoms with E-state index in [4.69, 9.17) is 16.7 Å². The lowest BCUT2D eigenvalue weighted by Gasteiger charge is -2.09. The molecule has 0 amide bonds. The van der Waals surface area contributed by atoms with Gasteiger partial charge in [0, 0.05) is 12.4 Å². The largest absolute Gasteiger partial charge is 0.480 e. The molecule has 0 aliphatic carbocycles. The van der Waals surface area contributed by atoms with Crippen LogP contribution in [0.3, 0.4) is 0 Å². The molecule has 1 aromatic heterocycles. The minimum atomic E-state index is -3.90. The van der Waals surface area contributed by atoms with Gasteiger partial charge in [-0.3, -0.25) is 9.78 Å². The summed E-state index contributed by atoms with van der Waals surface area (Å²) in [4.78, 5) is 13.9. The lowest BCUT2D eigenvalue weighted by atomic mass is 10.4. The maximum Gasteiger partial charge on any atom is 0.321 e. The van der Waals surface area contributed by atoms with Gasteiger partial charge in [-0.05, 0) is 13.0 Å². The number of halogens is 1. The molecule has 1 unspecified atom stereocenters. The first-order chi connectivity index (χ1) is 7.33. The van der Waals surface area contributed by atoms with Crippen molar-refractivity contribution in [1.82, 2.24) is 9.71 Å². The van der Waals surface area contributed by atoms with E-state index >= 15 is 0 Å². The van der Waals surface area contributed by atoms with Crippen LogP contribution in [0.25, 0.3) is 0 Å². The quantitative estimate of drug-likeness (QED) is 0.825. The number of pyridine rings is 1. The SMILES string of the molecule is CC(NS(=O)(=O)c1cncc(Cl)c1)C(=O)O. The molecule has 88 valence electrons. The Hall–Kier alpha value is -1.18. The van der Waals surface area contributed by atoms with Gasteiger partial charge >= 0.3 is 5.97 Å². The highest BCUT2D eigenvalue weighted by molar-refractivity contribution is 7.89. The summed E-state index contributed by atoms with van der Waals surface area (Å²) >= 11 is 5.58. The molecule has 6 nitrogen and oxygen atoms in total. The molecule has 1 rings (SSSR count). The summed E-state index contributed by atoms with van der Waals surface area (Å²) in [7, 11) is -3.90. The van der Waals surface area contributed by atoms with Crippen LogP contribution in [0.4, 0.5) is 0 Å². The van der Waals surface area contributed by atoms with Gasteiger partial charge in [0.1, 0.15) is 10.9 Å². The third-order valence-corrected chi connectivity index (χ3v) is 3.41. The average Bonchev–Trinajstić information content (AvgIpc) is 2.17. The molecule has 0 radical (unpaired) electrons. The van der Waals surface area contributed by atoms with Crippen LogP contribution >= 0.6 is 11.6 Å². The summed E-state index contributed by atoms with van der Waals surface area (Å²) in [6.45, 7) is 1.22. The van der Waals surface area contributed by atoms with Crippen molar-refractivity contribution in [3.8, 4) is 0 Å². The number of nitrogens with zero attached hydrogens (tertiary/aromatic N) is 1. The molecular weight excluding hydrogens is 256 g/mol. The van der Waals surface area contributed by atoms with Crippen LogP contribution < -0.4 is 4.72 Å². The van der Waals surface area contributed by atoms with E-state index in [9.17, 15) is 13.2 Å². The Bertz CT molecular complexity index is 503. The van der Waals surface area contributed by atoms with Crippen molar-refractivity contribution in [2.24, 2.45) is 0 Å². The van der Waals surface area contributed by atoms with Crippen LogP contribution in [0.1, 0.15) is 6.92 Å². The standard InChI is InChI=1S/C8H9ClN2O4S/c1-5(8(12)13)11-16(14,15)7-2-6(9)3-10-4-7/h2-5,11H,1H3,(H,12,13). The molecule has 1 heterocycles. The summed E-state index contributed by atoms with van der Waals surface area (Å²) < 4.78 is 25.2. The van der Waals surface area contributed by atoms with Gasteiger partial charge in [-0.2, -0.15) is 4.72 Å². The Morgan fingerprint density at radius 2 is 2.19 bits per heavy atom. The van der Waals surface area contributed by atoms with Crippen LogP contribution in [-0.4, -0.2) is 30.5 Å². The number of sulfonamides is 1. The van der Waals surface area contributed by atoms with Crippen molar-refractivity contribution < 1.29 is 18.3 Å². The first-order valence-corrected chi connectivity index (χ1v) is 6.05. The van der Waals surface area contributed by atoms with E-state index in [1.165, 1.54) is 19.2 Å². The second-order valence-corrected chi connectivity index (χ2v) is 5.17.